The Morgan fingerprint density at radius 2 is 1.67 bits per heavy atom. The zero-order chi connectivity index (χ0) is 12.1. The van der Waals surface area contributed by atoms with Crippen LogP contribution < -0.4 is 0 Å². The molecule has 0 radical (unpaired) electrons. The maximum Gasteiger partial charge on any atom is 0.209 e. The van der Waals surface area contributed by atoms with E-state index in [1.54, 1.807) is 0 Å². The molecule has 0 saturated carbocycles. The molecule has 3 heteroatoms. The maximum atomic E-state index is 5.93. The quantitative estimate of drug-likeness (QED) is 0.604. The van der Waals surface area contributed by atoms with Gasteiger partial charge in [0.15, 0.2) is 0 Å². The summed E-state index contributed by atoms with van der Waals surface area (Å²) in [7, 11) is -2.88. The highest BCUT2D eigenvalue weighted by atomic mass is 28.4. The number of hydrogen-bond donors (Lipinski definition) is 0. The predicted molar refractivity (Wildman–Crippen MR) is 75.4 cm³/mol. The maximum absolute atomic E-state index is 5.93. The van der Waals surface area contributed by atoms with Crippen molar-refractivity contribution in [3.8, 4) is 0 Å². The molecule has 1 nitrogen and oxygen atoms in total. The van der Waals surface area contributed by atoms with E-state index < -0.39 is 16.4 Å². The summed E-state index contributed by atoms with van der Waals surface area (Å²) >= 11 is 0. The Hall–Kier alpha value is 0.134. The summed E-state index contributed by atoms with van der Waals surface area (Å²) in [6, 6.07) is 1.37. The Bertz CT molecular complexity index is 210. The van der Waals surface area contributed by atoms with Gasteiger partial charge in [0.1, 0.15) is 0 Å². The first-order chi connectivity index (χ1) is 6.78. The third-order valence-corrected chi connectivity index (χ3v) is 12.7. The number of unbranched alkanes of at least 4 members (excludes halogenated alkanes) is 1. The minimum Gasteiger partial charge on any atom is -0.414 e. The zero-order valence-corrected chi connectivity index (χ0v) is 13.4. The summed E-state index contributed by atoms with van der Waals surface area (Å²) < 4.78 is 5.93. The molecule has 15 heavy (non-hydrogen) atoms. The minimum atomic E-state index is -1.62. The second-order valence-electron chi connectivity index (χ2n) is 5.41. The molecule has 0 spiro atoms. The lowest BCUT2D eigenvalue weighted by atomic mass is 10.4. The van der Waals surface area contributed by atoms with Crippen LogP contribution in [-0.2, 0) is 4.43 Å². The highest BCUT2D eigenvalue weighted by Gasteiger charge is 2.36. The molecule has 0 aromatic rings. The van der Waals surface area contributed by atoms with E-state index in [-0.39, 0.29) is 0 Å². The molecule has 0 aliphatic carbocycles. The van der Waals surface area contributed by atoms with Crippen LogP contribution in [0.3, 0.4) is 0 Å². The van der Waals surface area contributed by atoms with E-state index in [9.17, 15) is 0 Å². The van der Waals surface area contributed by atoms with Crippen molar-refractivity contribution < 1.29 is 4.43 Å². The smallest absolute Gasteiger partial charge is 0.209 e. The van der Waals surface area contributed by atoms with Gasteiger partial charge in [0.05, 0.1) is 8.07 Å². The molecule has 90 valence electrons. The zero-order valence-electron chi connectivity index (χ0n) is 11.4. The summed E-state index contributed by atoms with van der Waals surface area (Å²) in [5, 5.41) is 0. The second kappa shape index (κ2) is 6.01. The first-order valence-corrected chi connectivity index (χ1v) is 12.2. The summed E-state index contributed by atoms with van der Waals surface area (Å²) in [4.78, 5) is 1.49. The van der Waals surface area contributed by atoms with E-state index in [4.69, 9.17) is 4.43 Å². The van der Waals surface area contributed by atoms with E-state index >= 15 is 0 Å². The standard InChI is InChI=1S/C12H28OSi2/c1-8-10-11-14(4,5)12(3)15(6,7)13-9-2/h3,8-11H2,1-2,4-7H3. The average Bonchev–Trinajstić information content (AvgIpc) is 2.13. The lowest BCUT2D eigenvalue weighted by molar-refractivity contribution is 0.337. The molecule has 0 saturated heterocycles. The topological polar surface area (TPSA) is 9.23 Å². The van der Waals surface area contributed by atoms with Crippen LogP contribution in [-0.4, -0.2) is 23.0 Å². The van der Waals surface area contributed by atoms with Crippen molar-refractivity contribution in [2.75, 3.05) is 6.61 Å². The van der Waals surface area contributed by atoms with Crippen molar-refractivity contribution in [1.29, 1.82) is 0 Å². The van der Waals surface area contributed by atoms with Crippen molar-refractivity contribution in [2.45, 2.75) is 58.9 Å². The van der Waals surface area contributed by atoms with Gasteiger partial charge in [0.2, 0.25) is 8.32 Å². The number of hydrogen-bond acceptors (Lipinski definition) is 1. The van der Waals surface area contributed by atoms with Gasteiger partial charge < -0.3 is 4.43 Å². The SMILES string of the molecule is C=C([Si](C)(C)CCCC)[Si](C)(C)OCC. The fourth-order valence-corrected chi connectivity index (χ4v) is 11.6. The number of rotatable bonds is 7. The Kier molecular flexibility index (Phi) is 6.07. The van der Waals surface area contributed by atoms with E-state index in [0.29, 0.717) is 0 Å². The van der Waals surface area contributed by atoms with Crippen molar-refractivity contribution in [3.05, 3.63) is 11.4 Å². The Labute approximate surface area is 98.1 Å². The van der Waals surface area contributed by atoms with Gasteiger partial charge in [-0.05, 0) is 20.0 Å². The molecule has 0 N–H and O–H groups in total. The predicted octanol–water partition coefficient (Wildman–Crippen LogP) is 4.37. The van der Waals surface area contributed by atoms with Crippen molar-refractivity contribution in [3.63, 3.8) is 0 Å². The molecule has 0 unspecified atom stereocenters. The first kappa shape index (κ1) is 15.1. The van der Waals surface area contributed by atoms with E-state index in [0.717, 1.165) is 6.61 Å². The summed E-state index contributed by atoms with van der Waals surface area (Å²) in [6.45, 7) is 19.0. The minimum absolute atomic E-state index is 0.830. The molecule has 0 aliphatic heterocycles. The van der Waals surface area contributed by atoms with Crippen LogP contribution in [0, 0.1) is 0 Å². The van der Waals surface area contributed by atoms with Crippen molar-refractivity contribution in [1.82, 2.24) is 0 Å². The average molecular weight is 245 g/mol. The molecule has 0 amide bonds. The third-order valence-electron chi connectivity index (χ3n) is 3.20. The monoisotopic (exact) mass is 244 g/mol. The molecule has 0 aromatic heterocycles. The molecule has 0 heterocycles. The van der Waals surface area contributed by atoms with Gasteiger partial charge >= 0.3 is 0 Å². The van der Waals surface area contributed by atoms with Crippen LogP contribution in [0.5, 0.6) is 0 Å². The van der Waals surface area contributed by atoms with Crippen LogP contribution in [0.2, 0.25) is 32.2 Å². The van der Waals surface area contributed by atoms with E-state index in [1.165, 1.54) is 23.7 Å². The van der Waals surface area contributed by atoms with Gasteiger partial charge in [-0.2, -0.15) is 0 Å². The second-order valence-corrected chi connectivity index (χ2v) is 14.7. The van der Waals surface area contributed by atoms with Crippen LogP contribution >= 0.6 is 0 Å². The summed E-state index contributed by atoms with van der Waals surface area (Å²) in [5.74, 6) is 0. The van der Waals surface area contributed by atoms with Crippen LogP contribution in [0.1, 0.15) is 26.7 Å². The largest absolute Gasteiger partial charge is 0.414 e. The highest BCUT2D eigenvalue weighted by Crippen LogP contribution is 2.29. The summed E-state index contributed by atoms with van der Waals surface area (Å²) in [5.41, 5.74) is 0. The van der Waals surface area contributed by atoms with Crippen LogP contribution in [0.25, 0.3) is 0 Å². The Morgan fingerprint density at radius 1 is 1.13 bits per heavy atom. The molecular weight excluding hydrogens is 216 g/mol. The van der Waals surface area contributed by atoms with Gasteiger partial charge in [-0.3, -0.25) is 0 Å². The molecule has 0 aromatic carbocycles. The third kappa shape index (κ3) is 4.66. The van der Waals surface area contributed by atoms with Gasteiger partial charge in [0.25, 0.3) is 0 Å². The van der Waals surface area contributed by atoms with Crippen LogP contribution in [0.4, 0.5) is 0 Å². The fraction of sp³-hybridized carbons (Fsp3) is 0.833. The Balaban J connectivity index is 4.52. The molecule has 0 aliphatic rings. The van der Waals surface area contributed by atoms with Crippen LogP contribution in [0.15, 0.2) is 11.4 Å². The molecule has 0 bridgehead atoms. The molecule has 0 rings (SSSR count). The molecular formula is C12H28OSi2. The normalized spacial score (nSPS) is 12.9. The summed E-state index contributed by atoms with van der Waals surface area (Å²) in [6.07, 6.45) is 2.63. The van der Waals surface area contributed by atoms with Gasteiger partial charge in [0, 0.05) is 6.61 Å². The molecule has 0 atom stereocenters. The Morgan fingerprint density at radius 3 is 2.07 bits per heavy atom. The van der Waals surface area contributed by atoms with Gasteiger partial charge in [-0.1, -0.05) is 43.7 Å². The first-order valence-electron chi connectivity index (χ1n) is 6.11. The van der Waals surface area contributed by atoms with Crippen molar-refractivity contribution >= 4 is 16.4 Å². The highest BCUT2D eigenvalue weighted by molar-refractivity contribution is 7.03. The lowest BCUT2D eigenvalue weighted by Crippen LogP contribution is -2.45. The van der Waals surface area contributed by atoms with E-state index in [2.05, 4.69) is 46.6 Å². The molecule has 0 fully saturated rings. The lowest BCUT2D eigenvalue weighted by Gasteiger charge is -2.35. The van der Waals surface area contributed by atoms with E-state index in [1.807, 2.05) is 0 Å². The van der Waals surface area contributed by atoms with Crippen molar-refractivity contribution in [2.24, 2.45) is 0 Å². The van der Waals surface area contributed by atoms with Gasteiger partial charge in [-0.15, -0.1) is 6.58 Å². The van der Waals surface area contributed by atoms with Gasteiger partial charge in [-0.25, -0.2) is 0 Å². The fourth-order valence-electron chi connectivity index (χ4n) is 2.03.